The number of methoxy groups -OCH3 is 1. The summed E-state index contributed by atoms with van der Waals surface area (Å²) >= 11 is 5.36. The number of aryl methyl sites for hydroxylation is 2. The van der Waals surface area contributed by atoms with Crippen LogP contribution in [0, 0.1) is 19.8 Å². The highest BCUT2D eigenvalue weighted by atomic mass is 32.1. The van der Waals surface area contributed by atoms with Crippen LogP contribution in [0.5, 0.6) is 11.5 Å². The lowest BCUT2D eigenvalue weighted by atomic mass is 9.79. The lowest BCUT2D eigenvalue weighted by Crippen LogP contribution is -2.70. The largest absolute Gasteiger partial charge is 0.497 e. The summed E-state index contributed by atoms with van der Waals surface area (Å²) in [6, 6.07) is 11.2. The number of hydrogen-bond acceptors (Lipinski definition) is 4. The molecule has 3 N–H and O–H groups in total. The fourth-order valence-electron chi connectivity index (χ4n) is 4.01. The van der Waals surface area contributed by atoms with Gasteiger partial charge in [-0.3, -0.25) is 4.79 Å². The molecule has 1 fully saturated rings. The topological polar surface area (TPSA) is 71.6 Å². The maximum atomic E-state index is 13.3. The van der Waals surface area contributed by atoms with Crippen molar-refractivity contribution in [1.29, 1.82) is 0 Å². The standard InChI is InChI=1S/C21H23N3O3S/c1-11-5-7-15(12(2)9-11)22-19(25)17-18-14-10-13(26-4)6-8-16(14)27-21(17,3)24-20(28)23-18/h5-10,17-18H,1-4H3,(H,22,25)(H2,23,24,28)/t17-,18+,21-/m0/s1. The maximum Gasteiger partial charge on any atom is 0.236 e. The van der Waals surface area contributed by atoms with Crippen molar-refractivity contribution in [3.05, 3.63) is 53.1 Å². The quantitative estimate of drug-likeness (QED) is 0.691. The molecule has 0 saturated carbocycles. The van der Waals surface area contributed by atoms with Gasteiger partial charge in [-0.1, -0.05) is 17.7 Å². The normalized spacial score (nSPS) is 24.9. The molecule has 2 heterocycles. The summed E-state index contributed by atoms with van der Waals surface area (Å²) in [6.45, 7) is 5.86. The zero-order valence-corrected chi connectivity index (χ0v) is 17.1. The van der Waals surface area contributed by atoms with Gasteiger partial charge >= 0.3 is 0 Å². The minimum atomic E-state index is -0.961. The number of anilines is 1. The molecular weight excluding hydrogens is 374 g/mol. The van der Waals surface area contributed by atoms with Gasteiger partial charge in [0.25, 0.3) is 0 Å². The van der Waals surface area contributed by atoms with Crippen LogP contribution < -0.4 is 25.4 Å². The van der Waals surface area contributed by atoms with Gasteiger partial charge in [0.15, 0.2) is 10.8 Å². The first-order chi connectivity index (χ1) is 13.3. The second-order valence-corrected chi connectivity index (χ2v) is 7.88. The van der Waals surface area contributed by atoms with Crippen molar-refractivity contribution >= 4 is 28.9 Å². The van der Waals surface area contributed by atoms with Crippen LogP contribution in [0.1, 0.15) is 29.7 Å². The van der Waals surface area contributed by atoms with Crippen LogP contribution in [-0.2, 0) is 4.79 Å². The molecule has 2 aromatic carbocycles. The van der Waals surface area contributed by atoms with E-state index in [1.807, 2.05) is 57.2 Å². The van der Waals surface area contributed by atoms with E-state index in [9.17, 15) is 4.79 Å². The summed E-state index contributed by atoms with van der Waals surface area (Å²) in [4.78, 5) is 13.3. The van der Waals surface area contributed by atoms with Crippen LogP contribution in [0.25, 0.3) is 0 Å². The van der Waals surface area contributed by atoms with Crippen molar-refractivity contribution in [2.75, 3.05) is 12.4 Å². The van der Waals surface area contributed by atoms with Gasteiger partial charge in [-0.05, 0) is 62.8 Å². The summed E-state index contributed by atoms with van der Waals surface area (Å²) in [5, 5.41) is 9.90. The Kier molecular flexibility index (Phi) is 4.42. The average Bonchev–Trinajstić information content (AvgIpc) is 2.62. The van der Waals surface area contributed by atoms with Gasteiger partial charge in [0.1, 0.15) is 17.4 Å². The smallest absolute Gasteiger partial charge is 0.236 e. The van der Waals surface area contributed by atoms with E-state index in [-0.39, 0.29) is 11.9 Å². The van der Waals surface area contributed by atoms with Crippen molar-refractivity contribution in [3.8, 4) is 11.5 Å². The Labute approximate surface area is 169 Å². The molecule has 3 atom stereocenters. The Morgan fingerprint density at radius 1 is 1.25 bits per heavy atom. The van der Waals surface area contributed by atoms with E-state index in [4.69, 9.17) is 21.7 Å². The zero-order valence-electron chi connectivity index (χ0n) is 16.3. The minimum Gasteiger partial charge on any atom is -0.497 e. The number of rotatable bonds is 3. The third-order valence-electron chi connectivity index (χ3n) is 5.37. The summed E-state index contributed by atoms with van der Waals surface area (Å²) in [6.07, 6.45) is 0. The lowest BCUT2D eigenvalue weighted by Gasteiger charge is -2.50. The van der Waals surface area contributed by atoms with Crippen molar-refractivity contribution < 1.29 is 14.3 Å². The van der Waals surface area contributed by atoms with E-state index in [0.29, 0.717) is 16.6 Å². The lowest BCUT2D eigenvalue weighted by molar-refractivity contribution is -0.132. The van der Waals surface area contributed by atoms with E-state index >= 15 is 0 Å². The third kappa shape index (κ3) is 3.05. The molecule has 0 aliphatic carbocycles. The van der Waals surface area contributed by atoms with Crippen LogP contribution in [0.2, 0.25) is 0 Å². The number of fused-ring (bicyclic) bond motifs is 4. The van der Waals surface area contributed by atoms with E-state index in [2.05, 4.69) is 16.0 Å². The van der Waals surface area contributed by atoms with Crippen LogP contribution in [0.3, 0.4) is 0 Å². The SMILES string of the molecule is COc1ccc2c(c1)[C@H]1NC(=S)N[C@@](C)(O2)[C@@H]1C(=O)Nc1ccc(C)cc1C. The van der Waals surface area contributed by atoms with E-state index in [0.717, 1.165) is 22.4 Å². The van der Waals surface area contributed by atoms with Crippen LogP contribution >= 0.6 is 12.2 Å². The van der Waals surface area contributed by atoms with Crippen LogP contribution in [0.15, 0.2) is 36.4 Å². The second-order valence-electron chi connectivity index (χ2n) is 7.47. The highest BCUT2D eigenvalue weighted by Crippen LogP contribution is 2.46. The summed E-state index contributed by atoms with van der Waals surface area (Å²) in [5.74, 6) is 0.715. The second kappa shape index (κ2) is 6.67. The molecule has 1 saturated heterocycles. The number of carbonyl (C=O) groups excluding carboxylic acids is 1. The van der Waals surface area contributed by atoms with Crippen LogP contribution in [0.4, 0.5) is 5.69 Å². The van der Waals surface area contributed by atoms with Gasteiger partial charge in [-0.25, -0.2) is 0 Å². The molecule has 6 nitrogen and oxygen atoms in total. The fraction of sp³-hybridized carbons (Fsp3) is 0.333. The zero-order chi connectivity index (χ0) is 20.1. The fourth-order valence-corrected chi connectivity index (χ4v) is 4.34. The number of hydrogen-bond donors (Lipinski definition) is 3. The van der Waals surface area contributed by atoms with Gasteiger partial charge in [-0.15, -0.1) is 0 Å². The first-order valence-electron chi connectivity index (χ1n) is 9.14. The molecule has 2 bridgehead atoms. The average molecular weight is 398 g/mol. The molecule has 2 aromatic rings. The molecule has 0 unspecified atom stereocenters. The third-order valence-corrected chi connectivity index (χ3v) is 5.59. The number of benzene rings is 2. The summed E-state index contributed by atoms with van der Waals surface area (Å²) in [7, 11) is 1.61. The highest BCUT2D eigenvalue weighted by Gasteiger charge is 2.54. The maximum absolute atomic E-state index is 13.3. The molecule has 4 rings (SSSR count). The summed E-state index contributed by atoms with van der Waals surface area (Å²) < 4.78 is 11.6. The molecule has 2 aliphatic heterocycles. The molecule has 0 spiro atoms. The Balaban J connectivity index is 1.73. The van der Waals surface area contributed by atoms with Crippen LogP contribution in [-0.4, -0.2) is 23.9 Å². The summed E-state index contributed by atoms with van der Waals surface area (Å²) in [5.41, 5.74) is 2.84. The van der Waals surface area contributed by atoms with Gasteiger partial charge in [0.05, 0.1) is 13.2 Å². The highest BCUT2D eigenvalue weighted by molar-refractivity contribution is 7.80. The van der Waals surface area contributed by atoms with Crippen molar-refractivity contribution in [2.45, 2.75) is 32.5 Å². The monoisotopic (exact) mass is 397 g/mol. The Morgan fingerprint density at radius 3 is 2.75 bits per heavy atom. The molecule has 146 valence electrons. The number of nitrogens with one attached hydrogen (secondary N) is 3. The first kappa shape index (κ1) is 18.6. The van der Waals surface area contributed by atoms with Gasteiger partial charge in [-0.2, -0.15) is 0 Å². The molecule has 2 aliphatic rings. The number of amides is 1. The van der Waals surface area contributed by atoms with E-state index < -0.39 is 11.6 Å². The van der Waals surface area contributed by atoms with Crippen molar-refractivity contribution in [2.24, 2.45) is 5.92 Å². The molecule has 28 heavy (non-hydrogen) atoms. The number of thiocarbonyl (C=S) groups is 1. The Bertz CT molecular complexity index is 977. The first-order valence-corrected chi connectivity index (χ1v) is 9.55. The molecular formula is C21H23N3O3S. The minimum absolute atomic E-state index is 0.143. The number of carbonyl (C=O) groups is 1. The molecule has 0 aromatic heterocycles. The van der Waals surface area contributed by atoms with Crippen molar-refractivity contribution in [1.82, 2.24) is 10.6 Å². The van der Waals surface area contributed by atoms with E-state index in [1.54, 1.807) is 7.11 Å². The van der Waals surface area contributed by atoms with Gasteiger partial charge < -0.3 is 25.4 Å². The molecule has 1 amide bonds. The van der Waals surface area contributed by atoms with E-state index in [1.165, 1.54) is 0 Å². The molecule has 0 radical (unpaired) electrons. The van der Waals surface area contributed by atoms with Gasteiger partial charge in [0, 0.05) is 11.3 Å². The predicted octanol–water partition coefficient (Wildman–Crippen LogP) is 3.19. The van der Waals surface area contributed by atoms with Gasteiger partial charge in [0.2, 0.25) is 5.91 Å². The van der Waals surface area contributed by atoms with Crippen molar-refractivity contribution in [3.63, 3.8) is 0 Å². The molecule has 7 heteroatoms. The predicted molar refractivity (Wildman–Crippen MR) is 112 cm³/mol. The Morgan fingerprint density at radius 2 is 2.04 bits per heavy atom. The number of ether oxygens (including phenoxy) is 2. The Hall–Kier alpha value is -2.80.